The van der Waals surface area contributed by atoms with Crippen LogP contribution in [0.15, 0.2) is 18.2 Å². The van der Waals surface area contributed by atoms with E-state index in [9.17, 15) is 4.39 Å². The number of rotatable bonds is 2. The van der Waals surface area contributed by atoms with Crippen molar-refractivity contribution >= 4 is 41.7 Å². The molecule has 66 valence electrons. The minimum Gasteiger partial charge on any atom is -0.315 e. The van der Waals surface area contributed by atoms with E-state index >= 15 is 0 Å². The SMILES string of the molecule is NC(SI)c1ccc(F)c(Cl)c1. The zero-order valence-electron chi connectivity index (χ0n) is 5.93. The molecule has 0 fully saturated rings. The van der Waals surface area contributed by atoms with E-state index < -0.39 is 5.82 Å². The van der Waals surface area contributed by atoms with Crippen LogP contribution in [0.1, 0.15) is 10.9 Å². The van der Waals surface area contributed by atoms with Crippen LogP contribution in [0.3, 0.4) is 0 Å². The molecule has 0 aliphatic carbocycles. The highest BCUT2D eigenvalue weighted by Crippen LogP contribution is 2.30. The fraction of sp³-hybridized carbons (Fsp3) is 0.143. The van der Waals surface area contributed by atoms with Crippen LogP contribution in [0.2, 0.25) is 5.02 Å². The highest BCUT2D eigenvalue weighted by molar-refractivity contribution is 14.2. The molecule has 2 N–H and O–H groups in total. The van der Waals surface area contributed by atoms with Crippen molar-refractivity contribution in [1.29, 1.82) is 0 Å². The van der Waals surface area contributed by atoms with Gasteiger partial charge in [0.15, 0.2) is 0 Å². The summed E-state index contributed by atoms with van der Waals surface area (Å²) >= 11 is 7.66. The molecule has 1 rings (SSSR count). The van der Waals surface area contributed by atoms with Gasteiger partial charge in [-0.3, -0.25) is 0 Å². The summed E-state index contributed by atoms with van der Waals surface area (Å²) in [6.45, 7) is 0. The van der Waals surface area contributed by atoms with E-state index in [2.05, 4.69) is 21.2 Å². The molecule has 1 aromatic rings. The van der Waals surface area contributed by atoms with Gasteiger partial charge in [-0.15, -0.1) is 0 Å². The lowest BCUT2D eigenvalue weighted by molar-refractivity contribution is 0.627. The summed E-state index contributed by atoms with van der Waals surface area (Å²) in [5, 5.41) is -0.0305. The van der Waals surface area contributed by atoms with Crippen molar-refractivity contribution in [2.75, 3.05) is 0 Å². The van der Waals surface area contributed by atoms with Gasteiger partial charge in [-0.25, -0.2) is 4.39 Å². The van der Waals surface area contributed by atoms with Crippen LogP contribution < -0.4 is 5.73 Å². The summed E-state index contributed by atoms with van der Waals surface area (Å²) in [5.41, 5.74) is 6.52. The van der Waals surface area contributed by atoms with E-state index in [0.29, 0.717) is 0 Å². The number of benzene rings is 1. The summed E-state index contributed by atoms with van der Waals surface area (Å²) in [5.74, 6) is -0.411. The van der Waals surface area contributed by atoms with E-state index in [-0.39, 0.29) is 10.4 Å². The second-order valence-corrected chi connectivity index (χ2v) is 4.80. The average molecular weight is 318 g/mol. The summed E-state index contributed by atoms with van der Waals surface area (Å²) < 4.78 is 12.7. The van der Waals surface area contributed by atoms with Crippen molar-refractivity contribution in [3.05, 3.63) is 34.6 Å². The molecular formula is C7H6ClFINS. The maximum absolute atomic E-state index is 12.7. The highest BCUT2D eigenvalue weighted by Gasteiger charge is 2.07. The monoisotopic (exact) mass is 317 g/mol. The first kappa shape index (κ1) is 10.6. The van der Waals surface area contributed by atoms with Crippen LogP contribution in [0.25, 0.3) is 0 Å². The van der Waals surface area contributed by atoms with Crippen molar-refractivity contribution in [3.63, 3.8) is 0 Å². The Morgan fingerprint density at radius 1 is 1.58 bits per heavy atom. The van der Waals surface area contributed by atoms with Crippen molar-refractivity contribution in [1.82, 2.24) is 0 Å². The fourth-order valence-electron chi connectivity index (χ4n) is 0.741. The molecule has 1 atom stereocenters. The molecular weight excluding hydrogens is 312 g/mol. The van der Waals surface area contributed by atoms with E-state index in [4.69, 9.17) is 17.3 Å². The first-order valence-corrected chi connectivity index (χ1v) is 6.93. The van der Waals surface area contributed by atoms with Gasteiger partial charge in [0.25, 0.3) is 0 Å². The largest absolute Gasteiger partial charge is 0.315 e. The Balaban J connectivity index is 2.96. The molecule has 0 spiro atoms. The first-order chi connectivity index (χ1) is 5.65. The average Bonchev–Trinajstić information content (AvgIpc) is 2.08. The zero-order valence-corrected chi connectivity index (χ0v) is 9.66. The van der Waals surface area contributed by atoms with Gasteiger partial charge in [-0.1, -0.05) is 26.6 Å². The smallest absolute Gasteiger partial charge is 0.141 e. The molecule has 0 aliphatic heterocycles. The Bertz CT molecular complexity index is 284. The van der Waals surface area contributed by atoms with E-state index in [1.54, 1.807) is 12.1 Å². The molecule has 0 bridgehead atoms. The second kappa shape index (κ2) is 4.64. The predicted octanol–water partition coefficient (Wildman–Crippen LogP) is 3.52. The summed E-state index contributed by atoms with van der Waals surface area (Å²) in [6.07, 6.45) is 0. The van der Waals surface area contributed by atoms with Crippen molar-refractivity contribution < 1.29 is 4.39 Å². The van der Waals surface area contributed by atoms with Gasteiger partial charge in [0.1, 0.15) is 5.82 Å². The minimum absolute atomic E-state index is 0.119. The standard InChI is InChI=1S/C7H6ClFINS/c8-5-3-4(7(11)12-10)1-2-6(5)9/h1-3,7H,11H2. The zero-order chi connectivity index (χ0) is 9.14. The normalized spacial score (nSPS) is 13.0. The van der Waals surface area contributed by atoms with Crippen LogP contribution in [0, 0.1) is 5.82 Å². The number of halogens is 3. The lowest BCUT2D eigenvalue weighted by Gasteiger charge is -2.07. The van der Waals surface area contributed by atoms with Crippen LogP contribution >= 0.6 is 41.7 Å². The molecule has 0 radical (unpaired) electrons. The van der Waals surface area contributed by atoms with Gasteiger partial charge in [-0.05, 0) is 38.9 Å². The van der Waals surface area contributed by atoms with E-state index in [1.807, 2.05) is 0 Å². The third kappa shape index (κ3) is 2.48. The molecule has 0 saturated heterocycles. The van der Waals surface area contributed by atoms with Gasteiger partial charge in [-0.2, -0.15) is 0 Å². The van der Waals surface area contributed by atoms with Gasteiger partial charge in [0, 0.05) is 0 Å². The molecule has 0 amide bonds. The molecule has 0 saturated carbocycles. The lowest BCUT2D eigenvalue weighted by Crippen LogP contribution is -2.03. The Morgan fingerprint density at radius 2 is 2.25 bits per heavy atom. The van der Waals surface area contributed by atoms with Crippen LogP contribution in [-0.2, 0) is 0 Å². The molecule has 12 heavy (non-hydrogen) atoms. The van der Waals surface area contributed by atoms with E-state index in [0.717, 1.165) is 5.56 Å². The molecule has 1 aromatic carbocycles. The Kier molecular flexibility index (Phi) is 4.09. The topological polar surface area (TPSA) is 26.0 Å². The maximum atomic E-state index is 12.7. The minimum atomic E-state index is -0.411. The van der Waals surface area contributed by atoms with Gasteiger partial charge in [0.2, 0.25) is 0 Å². The van der Waals surface area contributed by atoms with Crippen molar-refractivity contribution in [2.24, 2.45) is 5.73 Å². The van der Waals surface area contributed by atoms with E-state index in [1.165, 1.54) is 15.0 Å². The van der Waals surface area contributed by atoms with Gasteiger partial charge >= 0.3 is 0 Å². The van der Waals surface area contributed by atoms with Gasteiger partial charge < -0.3 is 5.73 Å². The third-order valence-corrected chi connectivity index (χ3v) is 3.77. The molecule has 0 heterocycles. The summed E-state index contributed by atoms with van der Waals surface area (Å²) in [6, 6.07) is 4.51. The Hall–Kier alpha value is 0.480. The predicted molar refractivity (Wildman–Crippen MR) is 59.9 cm³/mol. The first-order valence-electron chi connectivity index (χ1n) is 3.13. The summed E-state index contributed by atoms with van der Waals surface area (Å²) in [7, 11) is 1.46. The van der Waals surface area contributed by atoms with Crippen LogP contribution in [0.4, 0.5) is 4.39 Å². The molecule has 1 nitrogen and oxygen atoms in total. The number of hydrogen-bond donors (Lipinski definition) is 1. The van der Waals surface area contributed by atoms with Crippen molar-refractivity contribution in [2.45, 2.75) is 5.37 Å². The number of hydrogen-bond acceptors (Lipinski definition) is 2. The Morgan fingerprint density at radius 3 is 2.75 bits per heavy atom. The molecule has 1 unspecified atom stereocenters. The van der Waals surface area contributed by atoms with Crippen LogP contribution in [0.5, 0.6) is 0 Å². The Labute approximate surface area is 91.4 Å². The summed E-state index contributed by atoms with van der Waals surface area (Å²) in [4.78, 5) is 0. The maximum Gasteiger partial charge on any atom is 0.141 e. The van der Waals surface area contributed by atoms with Gasteiger partial charge in [0.05, 0.1) is 10.4 Å². The molecule has 0 aromatic heterocycles. The number of nitrogens with two attached hydrogens (primary N) is 1. The molecule has 5 heteroatoms. The highest BCUT2D eigenvalue weighted by atomic mass is 127. The third-order valence-electron chi connectivity index (χ3n) is 1.37. The quantitative estimate of drug-likeness (QED) is 0.667. The lowest BCUT2D eigenvalue weighted by atomic mass is 10.2. The fourth-order valence-corrected chi connectivity index (χ4v) is 2.06. The van der Waals surface area contributed by atoms with Crippen LogP contribution in [-0.4, -0.2) is 0 Å². The molecule has 0 aliphatic rings. The second-order valence-electron chi connectivity index (χ2n) is 2.18. The van der Waals surface area contributed by atoms with Crippen molar-refractivity contribution in [3.8, 4) is 0 Å².